The van der Waals surface area contributed by atoms with E-state index in [1.54, 1.807) is 6.07 Å². The number of carbonyl (C=O) groups is 2. The van der Waals surface area contributed by atoms with Crippen molar-refractivity contribution >= 4 is 35.0 Å². The van der Waals surface area contributed by atoms with Gasteiger partial charge in [0, 0.05) is 17.0 Å². The Morgan fingerprint density at radius 3 is 2.61 bits per heavy atom. The van der Waals surface area contributed by atoms with Gasteiger partial charge in [-0.05, 0) is 43.7 Å². The van der Waals surface area contributed by atoms with Crippen LogP contribution in [0.5, 0.6) is 0 Å². The molecule has 1 aliphatic rings. The van der Waals surface area contributed by atoms with Gasteiger partial charge >= 0.3 is 0 Å². The van der Waals surface area contributed by atoms with Gasteiger partial charge < -0.3 is 5.73 Å². The zero-order valence-electron chi connectivity index (χ0n) is 13.1. The van der Waals surface area contributed by atoms with E-state index in [-0.39, 0.29) is 18.2 Å². The lowest BCUT2D eigenvalue weighted by Gasteiger charge is -2.17. The highest BCUT2D eigenvalue weighted by molar-refractivity contribution is 8.00. The molecule has 0 saturated carbocycles. The van der Waals surface area contributed by atoms with Crippen molar-refractivity contribution in [1.82, 2.24) is 0 Å². The van der Waals surface area contributed by atoms with Crippen LogP contribution in [0, 0.1) is 13.8 Å². The molecule has 5 heteroatoms. The number of nitrogen functional groups attached to an aromatic ring is 1. The molecule has 1 heterocycles. The number of aryl methyl sites for hydroxylation is 2. The highest BCUT2D eigenvalue weighted by Gasteiger charge is 2.40. The maximum absolute atomic E-state index is 12.7. The number of nitrogens with zero attached hydrogens (tertiary/aromatic N) is 1. The standard InChI is InChI=1S/C18H18N2O2S/c1-11-6-7-15(12(2)8-11)20-17(21)10-16(18(20)22)23-14-5-3-4-13(19)9-14/h3-9,16H,10,19H2,1-2H3/t16-/m1/s1. The summed E-state index contributed by atoms with van der Waals surface area (Å²) in [7, 11) is 0. The third kappa shape index (κ3) is 3.10. The van der Waals surface area contributed by atoms with Crippen LogP contribution in [0.25, 0.3) is 0 Å². The third-order valence-corrected chi connectivity index (χ3v) is 5.01. The molecule has 4 nitrogen and oxygen atoms in total. The Kier molecular flexibility index (Phi) is 4.13. The fourth-order valence-electron chi connectivity index (χ4n) is 2.76. The molecular weight excluding hydrogens is 308 g/mol. The summed E-state index contributed by atoms with van der Waals surface area (Å²) in [5.74, 6) is -0.308. The molecule has 118 valence electrons. The van der Waals surface area contributed by atoms with E-state index >= 15 is 0 Å². The molecule has 23 heavy (non-hydrogen) atoms. The van der Waals surface area contributed by atoms with Gasteiger partial charge in [0.25, 0.3) is 0 Å². The van der Waals surface area contributed by atoms with E-state index in [9.17, 15) is 9.59 Å². The second-order valence-corrected chi connectivity index (χ2v) is 7.02. The molecule has 3 rings (SSSR count). The predicted molar refractivity (Wildman–Crippen MR) is 93.5 cm³/mol. The Bertz CT molecular complexity index is 788. The molecule has 2 aromatic carbocycles. The van der Waals surface area contributed by atoms with Crippen molar-refractivity contribution < 1.29 is 9.59 Å². The minimum absolute atomic E-state index is 0.150. The lowest BCUT2D eigenvalue weighted by atomic mass is 10.1. The normalized spacial score (nSPS) is 17.8. The van der Waals surface area contributed by atoms with Gasteiger partial charge in [-0.15, -0.1) is 11.8 Å². The van der Waals surface area contributed by atoms with Gasteiger partial charge in [0.05, 0.1) is 10.9 Å². The average molecular weight is 326 g/mol. The van der Waals surface area contributed by atoms with Gasteiger partial charge in [-0.25, -0.2) is 4.90 Å². The van der Waals surface area contributed by atoms with Crippen molar-refractivity contribution in [2.75, 3.05) is 10.6 Å². The van der Waals surface area contributed by atoms with E-state index in [4.69, 9.17) is 5.73 Å². The topological polar surface area (TPSA) is 63.4 Å². The van der Waals surface area contributed by atoms with Crippen LogP contribution in [0.15, 0.2) is 47.4 Å². The van der Waals surface area contributed by atoms with Crippen LogP contribution in [-0.4, -0.2) is 17.1 Å². The molecule has 2 amide bonds. The van der Waals surface area contributed by atoms with Crippen LogP contribution in [0.2, 0.25) is 0 Å². The molecular formula is C18H18N2O2S. The lowest BCUT2D eigenvalue weighted by Crippen LogP contribution is -2.31. The first-order chi connectivity index (χ1) is 11.0. The summed E-state index contributed by atoms with van der Waals surface area (Å²) in [5.41, 5.74) is 9.14. The summed E-state index contributed by atoms with van der Waals surface area (Å²) in [6.45, 7) is 3.91. The number of anilines is 2. The molecule has 0 bridgehead atoms. The van der Waals surface area contributed by atoms with Crippen molar-refractivity contribution in [2.45, 2.75) is 30.4 Å². The minimum Gasteiger partial charge on any atom is -0.399 e. The van der Waals surface area contributed by atoms with Gasteiger partial charge in [0.1, 0.15) is 0 Å². The number of thioether (sulfide) groups is 1. The van der Waals surface area contributed by atoms with E-state index in [2.05, 4.69) is 0 Å². The smallest absolute Gasteiger partial charge is 0.247 e. The van der Waals surface area contributed by atoms with Crippen molar-refractivity contribution in [3.63, 3.8) is 0 Å². The average Bonchev–Trinajstić information content (AvgIpc) is 2.74. The molecule has 1 aliphatic heterocycles. The molecule has 0 unspecified atom stereocenters. The molecule has 0 spiro atoms. The van der Waals surface area contributed by atoms with Gasteiger partial charge in [0.2, 0.25) is 11.8 Å². The molecule has 2 N–H and O–H groups in total. The predicted octanol–water partition coefficient (Wildman–Crippen LogP) is 3.31. The number of hydrogen-bond donors (Lipinski definition) is 1. The summed E-state index contributed by atoms with van der Waals surface area (Å²) in [6.07, 6.45) is 0.214. The summed E-state index contributed by atoms with van der Waals surface area (Å²) in [4.78, 5) is 27.3. The van der Waals surface area contributed by atoms with Gasteiger partial charge in [0.15, 0.2) is 0 Å². The summed E-state index contributed by atoms with van der Waals surface area (Å²) in [6, 6.07) is 13.1. The quantitative estimate of drug-likeness (QED) is 0.694. The van der Waals surface area contributed by atoms with Crippen molar-refractivity contribution in [3.05, 3.63) is 53.6 Å². The van der Waals surface area contributed by atoms with E-state index in [1.165, 1.54) is 16.7 Å². The summed E-state index contributed by atoms with van der Waals surface area (Å²) < 4.78 is 0. The first-order valence-electron chi connectivity index (χ1n) is 7.42. The van der Waals surface area contributed by atoms with E-state index in [0.717, 1.165) is 16.0 Å². The molecule has 0 aliphatic carbocycles. The van der Waals surface area contributed by atoms with Gasteiger partial charge in [-0.2, -0.15) is 0 Å². The minimum atomic E-state index is -0.398. The van der Waals surface area contributed by atoms with Gasteiger partial charge in [-0.1, -0.05) is 23.8 Å². The maximum atomic E-state index is 12.7. The van der Waals surface area contributed by atoms with Crippen LogP contribution in [0.4, 0.5) is 11.4 Å². The highest BCUT2D eigenvalue weighted by atomic mass is 32.2. The second kappa shape index (κ2) is 6.08. The monoisotopic (exact) mass is 326 g/mol. The first-order valence-corrected chi connectivity index (χ1v) is 8.30. The number of carbonyl (C=O) groups excluding carboxylic acids is 2. The van der Waals surface area contributed by atoms with Crippen LogP contribution in [-0.2, 0) is 9.59 Å². The molecule has 1 fully saturated rings. The van der Waals surface area contributed by atoms with Crippen molar-refractivity contribution in [2.24, 2.45) is 0 Å². The van der Waals surface area contributed by atoms with E-state index in [0.29, 0.717) is 11.4 Å². The first kappa shape index (κ1) is 15.6. The summed E-state index contributed by atoms with van der Waals surface area (Å²) >= 11 is 1.39. The Morgan fingerprint density at radius 1 is 1.13 bits per heavy atom. The number of amides is 2. The highest BCUT2D eigenvalue weighted by Crippen LogP contribution is 2.35. The fourth-order valence-corrected chi connectivity index (χ4v) is 3.88. The maximum Gasteiger partial charge on any atom is 0.247 e. The fraction of sp³-hybridized carbons (Fsp3) is 0.222. The molecule has 1 saturated heterocycles. The van der Waals surface area contributed by atoms with Crippen LogP contribution in [0.1, 0.15) is 17.5 Å². The van der Waals surface area contributed by atoms with E-state index in [1.807, 2.05) is 50.2 Å². The molecule has 1 atom stereocenters. The van der Waals surface area contributed by atoms with Crippen LogP contribution >= 0.6 is 11.8 Å². The van der Waals surface area contributed by atoms with Crippen molar-refractivity contribution in [3.8, 4) is 0 Å². The Morgan fingerprint density at radius 2 is 1.91 bits per heavy atom. The van der Waals surface area contributed by atoms with Crippen molar-refractivity contribution in [1.29, 1.82) is 0 Å². The van der Waals surface area contributed by atoms with Gasteiger partial charge in [-0.3, -0.25) is 9.59 Å². The number of rotatable bonds is 3. The Hall–Kier alpha value is -2.27. The number of benzene rings is 2. The Labute approximate surface area is 139 Å². The SMILES string of the molecule is Cc1ccc(N2C(=O)C[C@@H](Sc3cccc(N)c3)C2=O)c(C)c1. The zero-order valence-corrected chi connectivity index (χ0v) is 13.9. The number of nitrogens with two attached hydrogens (primary N) is 1. The molecule has 0 radical (unpaired) electrons. The Balaban J connectivity index is 1.85. The second-order valence-electron chi connectivity index (χ2n) is 5.74. The van der Waals surface area contributed by atoms with Crippen LogP contribution < -0.4 is 10.6 Å². The zero-order chi connectivity index (χ0) is 16.6. The lowest BCUT2D eigenvalue weighted by molar-refractivity contribution is -0.121. The number of hydrogen-bond acceptors (Lipinski definition) is 4. The largest absolute Gasteiger partial charge is 0.399 e. The summed E-state index contributed by atoms with van der Waals surface area (Å²) in [5, 5.41) is -0.398. The number of imide groups is 1. The third-order valence-electron chi connectivity index (χ3n) is 3.83. The van der Waals surface area contributed by atoms with E-state index < -0.39 is 5.25 Å². The molecule has 2 aromatic rings. The molecule has 0 aromatic heterocycles. The van der Waals surface area contributed by atoms with Crippen LogP contribution in [0.3, 0.4) is 0 Å².